The van der Waals surface area contributed by atoms with Crippen LogP contribution in [0.3, 0.4) is 0 Å². The molecule has 0 aliphatic rings. The molecule has 4 aromatic rings. The summed E-state index contributed by atoms with van der Waals surface area (Å²) >= 11 is 0. The van der Waals surface area contributed by atoms with Gasteiger partial charge < -0.3 is 0 Å². The number of aromatic nitrogens is 2. The van der Waals surface area contributed by atoms with Crippen LogP contribution in [-0.4, -0.2) is 22.9 Å². The Labute approximate surface area is 171 Å². The summed E-state index contributed by atoms with van der Waals surface area (Å²) in [7, 11) is -4.11. The van der Waals surface area contributed by atoms with Crippen molar-refractivity contribution in [2.45, 2.75) is 5.03 Å². The van der Waals surface area contributed by atoms with Gasteiger partial charge in [-0.05, 0) is 29.3 Å². The molecule has 0 aliphatic heterocycles. The first-order chi connectivity index (χ1) is 12.5. The van der Waals surface area contributed by atoms with Gasteiger partial charge in [-0.2, -0.15) is 8.42 Å². The third kappa shape index (κ3) is 5.77. The molecule has 0 bridgehead atoms. The van der Waals surface area contributed by atoms with Crippen LogP contribution in [0.5, 0.6) is 0 Å². The van der Waals surface area contributed by atoms with Gasteiger partial charge in [0.15, 0.2) is 5.03 Å². The van der Waals surface area contributed by atoms with Crippen LogP contribution in [0.1, 0.15) is 0 Å². The van der Waals surface area contributed by atoms with Crippen molar-refractivity contribution in [3.8, 4) is 11.3 Å². The maximum Gasteiger partial charge on any atom is 0.312 e. The van der Waals surface area contributed by atoms with Gasteiger partial charge in [0.2, 0.25) is 0 Å². The first kappa shape index (κ1) is 20.9. The summed E-state index contributed by atoms with van der Waals surface area (Å²) in [5.74, 6) is 0. The zero-order valence-corrected chi connectivity index (χ0v) is 17.2. The minimum Gasteiger partial charge on any atom is -0.296 e. The third-order valence-electron chi connectivity index (χ3n) is 3.49. The molecular weight excluding hydrogens is 541 g/mol. The Hall–Kier alpha value is -2.44. The summed E-state index contributed by atoms with van der Waals surface area (Å²) < 4.78 is 29.1. The predicted octanol–water partition coefficient (Wildman–Crippen LogP) is 4.03. The number of pyridine rings is 2. The number of hydrogen-bond donors (Lipinski definition) is 1. The van der Waals surface area contributed by atoms with Gasteiger partial charge in [-0.15, -0.1) is 35.9 Å². The van der Waals surface area contributed by atoms with Gasteiger partial charge in [0, 0.05) is 26.3 Å². The number of para-hydroxylation sites is 1. The molecule has 1 N–H and O–H groups in total. The largest absolute Gasteiger partial charge is 0.312 e. The Kier molecular flexibility index (Phi) is 7.33. The van der Waals surface area contributed by atoms with Crippen molar-refractivity contribution in [3.05, 3.63) is 91.1 Å². The standard InChI is InChI=1S/C15H10N.C5H5NO3S.Ir/c1-2-6-12(7-3-1)15-11-10-13-8-4-5-9-14(13)16-15;7-10(8,9)5-3-1-2-4-6-5;/h1-6,8-11H;1-4H,(H,7,8,9);/q-1;;. The van der Waals surface area contributed by atoms with E-state index in [2.05, 4.69) is 28.2 Å². The van der Waals surface area contributed by atoms with E-state index in [1.54, 1.807) is 6.07 Å². The summed E-state index contributed by atoms with van der Waals surface area (Å²) in [5, 5.41) is 0.845. The maximum absolute atomic E-state index is 10.3. The average molecular weight is 556 g/mol. The monoisotopic (exact) mass is 556 g/mol. The molecule has 0 spiro atoms. The molecule has 2 aromatic heterocycles. The molecule has 0 aliphatic carbocycles. The molecule has 0 saturated carbocycles. The zero-order valence-electron chi connectivity index (χ0n) is 14.0. The molecule has 0 amide bonds. The van der Waals surface area contributed by atoms with Crippen molar-refractivity contribution in [2.75, 3.05) is 0 Å². The Morgan fingerprint density at radius 2 is 1.59 bits per heavy atom. The summed E-state index contributed by atoms with van der Waals surface area (Å²) in [6.45, 7) is 0. The van der Waals surface area contributed by atoms with Crippen LogP contribution < -0.4 is 0 Å². The number of benzene rings is 2. The van der Waals surface area contributed by atoms with Gasteiger partial charge in [-0.3, -0.25) is 9.54 Å². The van der Waals surface area contributed by atoms with E-state index in [9.17, 15) is 8.42 Å². The number of nitrogens with zero attached hydrogens (tertiary/aromatic N) is 2. The molecule has 0 atom stereocenters. The summed E-state index contributed by atoms with van der Waals surface area (Å²) in [6, 6.07) is 27.6. The quantitative estimate of drug-likeness (QED) is 0.299. The fraction of sp³-hybridized carbons (Fsp3) is 0. The molecule has 5 nitrogen and oxygen atoms in total. The number of hydrogen-bond acceptors (Lipinski definition) is 4. The Morgan fingerprint density at radius 1 is 0.852 bits per heavy atom. The van der Waals surface area contributed by atoms with Gasteiger partial charge in [0.25, 0.3) is 0 Å². The molecule has 2 heterocycles. The Morgan fingerprint density at radius 3 is 2.22 bits per heavy atom. The number of rotatable bonds is 2. The molecule has 139 valence electrons. The molecular formula is C20H15IrN2O3S-. The van der Waals surface area contributed by atoms with E-state index in [1.807, 2.05) is 48.5 Å². The maximum atomic E-state index is 10.3. The van der Waals surface area contributed by atoms with Crippen LogP contribution in [0.4, 0.5) is 0 Å². The van der Waals surface area contributed by atoms with Gasteiger partial charge in [0.1, 0.15) is 0 Å². The first-order valence-electron chi connectivity index (χ1n) is 7.75. The Bertz CT molecular complexity index is 1110. The summed E-state index contributed by atoms with van der Waals surface area (Å²) in [6.07, 6.45) is 1.29. The van der Waals surface area contributed by atoms with Gasteiger partial charge in [0.05, 0.1) is 5.52 Å². The smallest absolute Gasteiger partial charge is 0.296 e. The van der Waals surface area contributed by atoms with Crippen molar-refractivity contribution >= 4 is 21.0 Å². The second kappa shape index (κ2) is 9.48. The fourth-order valence-corrected chi connectivity index (χ4v) is 2.71. The first-order valence-corrected chi connectivity index (χ1v) is 9.19. The van der Waals surface area contributed by atoms with Crippen molar-refractivity contribution in [1.82, 2.24) is 9.97 Å². The fourth-order valence-electron chi connectivity index (χ4n) is 2.27. The Balaban J connectivity index is 0.000000208. The van der Waals surface area contributed by atoms with E-state index >= 15 is 0 Å². The second-order valence-electron chi connectivity index (χ2n) is 5.31. The van der Waals surface area contributed by atoms with Crippen LogP contribution in [0.15, 0.2) is 90.1 Å². The number of fused-ring (bicyclic) bond motifs is 1. The molecule has 27 heavy (non-hydrogen) atoms. The molecule has 2 aromatic carbocycles. The van der Waals surface area contributed by atoms with Crippen LogP contribution in [0.25, 0.3) is 22.2 Å². The van der Waals surface area contributed by atoms with Crippen LogP contribution in [0.2, 0.25) is 0 Å². The van der Waals surface area contributed by atoms with Crippen molar-refractivity contribution in [1.29, 1.82) is 0 Å². The topological polar surface area (TPSA) is 80.2 Å². The molecule has 7 heteroatoms. The van der Waals surface area contributed by atoms with E-state index in [1.165, 1.54) is 23.7 Å². The van der Waals surface area contributed by atoms with Gasteiger partial charge >= 0.3 is 10.1 Å². The second-order valence-corrected chi connectivity index (χ2v) is 6.68. The van der Waals surface area contributed by atoms with Crippen LogP contribution in [0, 0.1) is 6.07 Å². The van der Waals surface area contributed by atoms with Crippen LogP contribution >= 0.6 is 0 Å². The van der Waals surface area contributed by atoms with E-state index in [-0.39, 0.29) is 25.1 Å². The van der Waals surface area contributed by atoms with E-state index < -0.39 is 10.1 Å². The third-order valence-corrected chi connectivity index (χ3v) is 4.26. The zero-order chi connectivity index (χ0) is 18.4. The van der Waals surface area contributed by atoms with Gasteiger partial charge in [-0.25, -0.2) is 4.98 Å². The summed E-state index contributed by atoms with van der Waals surface area (Å²) in [5.41, 5.74) is 3.03. The van der Waals surface area contributed by atoms with Crippen LogP contribution in [-0.2, 0) is 30.2 Å². The van der Waals surface area contributed by atoms with Crippen molar-refractivity contribution in [3.63, 3.8) is 0 Å². The predicted molar refractivity (Wildman–Crippen MR) is 100 cm³/mol. The van der Waals surface area contributed by atoms with Crippen molar-refractivity contribution < 1.29 is 33.1 Å². The minimum absolute atomic E-state index is 0. The van der Waals surface area contributed by atoms with E-state index in [0.29, 0.717) is 0 Å². The SMILES string of the molecule is O=S(=O)(O)c1ccccn1.[Ir].[c-]1ccccc1-c1ccc2ccccc2n1. The summed E-state index contributed by atoms with van der Waals surface area (Å²) in [4.78, 5) is 8.03. The molecule has 0 fully saturated rings. The molecule has 0 unspecified atom stereocenters. The minimum atomic E-state index is -4.11. The average Bonchev–Trinajstić information content (AvgIpc) is 2.69. The molecule has 4 rings (SSSR count). The molecule has 1 radical (unpaired) electrons. The van der Waals surface area contributed by atoms with E-state index in [4.69, 9.17) is 4.55 Å². The normalized spacial score (nSPS) is 10.4. The molecule has 0 saturated heterocycles. The van der Waals surface area contributed by atoms with Crippen molar-refractivity contribution in [2.24, 2.45) is 0 Å². The van der Waals surface area contributed by atoms with Gasteiger partial charge in [-0.1, -0.05) is 36.4 Å². The van der Waals surface area contributed by atoms with E-state index in [0.717, 1.165) is 16.8 Å².